The SMILES string of the molecule is CCC[C@@](C)(OCC)C(=O)Nc1ccc(OCCCN2CCOCC2)cc1. The molecule has 1 heterocycles. The lowest BCUT2D eigenvalue weighted by Crippen LogP contribution is -2.42. The van der Waals surface area contributed by atoms with Crippen LogP contribution in [0.4, 0.5) is 5.69 Å². The van der Waals surface area contributed by atoms with Gasteiger partial charge in [-0.1, -0.05) is 13.3 Å². The third-order valence-corrected chi connectivity index (χ3v) is 4.77. The first-order valence-corrected chi connectivity index (χ1v) is 10.1. The molecule has 0 aliphatic carbocycles. The van der Waals surface area contributed by atoms with Gasteiger partial charge in [-0.25, -0.2) is 0 Å². The number of carbonyl (C=O) groups excluding carboxylic acids is 1. The quantitative estimate of drug-likeness (QED) is 0.599. The number of amides is 1. The summed E-state index contributed by atoms with van der Waals surface area (Å²) in [6.45, 7) is 11.7. The number of hydrogen-bond donors (Lipinski definition) is 1. The van der Waals surface area contributed by atoms with E-state index >= 15 is 0 Å². The summed E-state index contributed by atoms with van der Waals surface area (Å²) < 4.78 is 16.9. The van der Waals surface area contributed by atoms with Gasteiger partial charge in [0, 0.05) is 31.9 Å². The van der Waals surface area contributed by atoms with Crippen LogP contribution in [0.3, 0.4) is 0 Å². The van der Waals surface area contributed by atoms with Crippen LogP contribution in [0.15, 0.2) is 24.3 Å². The van der Waals surface area contributed by atoms with Gasteiger partial charge in [-0.2, -0.15) is 0 Å². The second-order valence-corrected chi connectivity index (χ2v) is 7.05. The first kappa shape index (κ1) is 21.7. The van der Waals surface area contributed by atoms with Crippen molar-refractivity contribution in [1.82, 2.24) is 4.90 Å². The fourth-order valence-electron chi connectivity index (χ4n) is 3.25. The van der Waals surface area contributed by atoms with Gasteiger partial charge in [-0.3, -0.25) is 9.69 Å². The number of rotatable bonds is 11. The summed E-state index contributed by atoms with van der Waals surface area (Å²) >= 11 is 0. The minimum Gasteiger partial charge on any atom is -0.494 e. The summed E-state index contributed by atoms with van der Waals surface area (Å²) in [7, 11) is 0. The van der Waals surface area contributed by atoms with E-state index in [4.69, 9.17) is 14.2 Å². The zero-order valence-electron chi connectivity index (χ0n) is 17.0. The van der Waals surface area contributed by atoms with Crippen molar-refractivity contribution < 1.29 is 19.0 Å². The molecule has 1 atom stereocenters. The Hall–Kier alpha value is -1.63. The number of hydrogen-bond acceptors (Lipinski definition) is 5. The largest absolute Gasteiger partial charge is 0.494 e. The minimum absolute atomic E-state index is 0.106. The lowest BCUT2D eigenvalue weighted by Gasteiger charge is -2.27. The maximum absolute atomic E-state index is 12.6. The predicted octanol–water partition coefficient (Wildman–Crippen LogP) is 3.32. The molecule has 6 heteroatoms. The minimum atomic E-state index is -0.793. The van der Waals surface area contributed by atoms with Crippen LogP contribution in [-0.4, -0.2) is 62.5 Å². The summed E-state index contributed by atoms with van der Waals surface area (Å²) in [5, 5.41) is 2.95. The topological polar surface area (TPSA) is 60.0 Å². The fourth-order valence-corrected chi connectivity index (χ4v) is 3.25. The molecule has 0 saturated carbocycles. The number of morpholine rings is 1. The summed E-state index contributed by atoms with van der Waals surface area (Å²) in [5.74, 6) is 0.710. The maximum Gasteiger partial charge on any atom is 0.256 e. The molecule has 1 aromatic carbocycles. The highest BCUT2D eigenvalue weighted by Crippen LogP contribution is 2.22. The molecule has 1 aliphatic rings. The van der Waals surface area contributed by atoms with Crippen molar-refractivity contribution in [1.29, 1.82) is 0 Å². The van der Waals surface area contributed by atoms with Gasteiger partial charge < -0.3 is 19.5 Å². The first-order chi connectivity index (χ1) is 13.1. The van der Waals surface area contributed by atoms with Crippen molar-refractivity contribution in [2.75, 3.05) is 51.4 Å². The molecular weight excluding hydrogens is 344 g/mol. The summed E-state index contributed by atoms with van der Waals surface area (Å²) in [6.07, 6.45) is 2.57. The summed E-state index contributed by atoms with van der Waals surface area (Å²) in [6, 6.07) is 7.52. The first-order valence-electron chi connectivity index (χ1n) is 10.1. The monoisotopic (exact) mass is 378 g/mol. The zero-order valence-corrected chi connectivity index (χ0v) is 17.0. The molecule has 0 unspecified atom stereocenters. The fraction of sp³-hybridized carbons (Fsp3) is 0.667. The Balaban J connectivity index is 1.76. The van der Waals surface area contributed by atoms with Gasteiger partial charge in [0.2, 0.25) is 0 Å². The highest BCUT2D eigenvalue weighted by atomic mass is 16.5. The van der Waals surface area contributed by atoms with E-state index in [0.29, 0.717) is 19.6 Å². The highest BCUT2D eigenvalue weighted by molar-refractivity contribution is 5.97. The number of nitrogens with zero attached hydrogens (tertiary/aromatic N) is 1. The van der Waals surface area contributed by atoms with Crippen molar-refractivity contribution in [2.45, 2.75) is 45.6 Å². The summed E-state index contributed by atoms with van der Waals surface area (Å²) in [4.78, 5) is 15.0. The summed E-state index contributed by atoms with van der Waals surface area (Å²) in [5.41, 5.74) is -0.0410. The van der Waals surface area contributed by atoms with Crippen LogP contribution in [0.2, 0.25) is 0 Å². The van der Waals surface area contributed by atoms with E-state index in [0.717, 1.165) is 57.1 Å². The van der Waals surface area contributed by atoms with E-state index in [1.165, 1.54) is 0 Å². The number of ether oxygens (including phenoxy) is 3. The number of anilines is 1. The Kier molecular flexibility index (Phi) is 9.04. The average Bonchev–Trinajstić information content (AvgIpc) is 2.67. The third kappa shape index (κ3) is 7.13. The molecular formula is C21H34N2O4. The normalized spacial score (nSPS) is 17.3. The molecule has 1 N–H and O–H groups in total. The van der Waals surface area contributed by atoms with Crippen molar-refractivity contribution in [3.8, 4) is 5.75 Å². The molecule has 1 fully saturated rings. The smallest absolute Gasteiger partial charge is 0.256 e. The third-order valence-electron chi connectivity index (χ3n) is 4.77. The molecule has 0 radical (unpaired) electrons. The van der Waals surface area contributed by atoms with Crippen molar-refractivity contribution in [3.05, 3.63) is 24.3 Å². The van der Waals surface area contributed by atoms with Gasteiger partial charge in [0.15, 0.2) is 0 Å². The number of nitrogens with one attached hydrogen (secondary N) is 1. The van der Waals surface area contributed by atoms with E-state index < -0.39 is 5.60 Å². The Morgan fingerprint density at radius 3 is 2.56 bits per heavy atom. The van der Waals surface area contributed by atoms with E-state index in [2.05, 4.69) is 17.1 Å². The molecule has 1 saturated heterocycles. The predicted molar refractivity (Wildman–Crippen MR) is 107 cm³/mol. The van der Waals surface area contributed by atoms with E-state index in [-0.39, 0.29) is 5.91 Å². The Bertz CT molecular complexity index is 550. The van der Waals surface area contributed by atoms with E-state index in [1.807, 2.05) is 38.1 Å². The van der Waals surface area contributed by atoms with E-state index in [9.17, 15) is 4.79 Å². The Labute approximate surface area is 163 Å². The van der Waals surface area contributed by atoms with Crippen molar-refractivity contribution >= 4 is 11.6 Å². The molecule has 27 heavy (non-hydrogen) atoms. The Morgan fingerprint density at radius 2 is 1.93 bits per heavy atom. The Morgan fingerprint density at radius 1 is 1.22 bits per heavy atom. The average molecular weight is 379 g/mol. The number of benzene rings is 1. The molecule has 0 aromatic heterocycles. The lowest BCUT2D eigenvalue weighted by atomic mass is 9.99. The van der Waals surface area contributed by atoms with Crippen LogP contribution in [0.1, 0.15) is 40.0 Å². The molecule has 1 amide bonds. The van der Waals surface area contributed by atoms with E-state index in [1.54, 1.807) is 0 Å². The standard InChI is InChI=1S/C21H34N2O4/c1-4-11-21(3,27-5-2)20(24)22-18-7-9-19(10-8-18)26-15-6-12-23-13-16-25-17-14-23/h7-10H,4-6,11-17H2,1-3H3,(H,22,24)/t21-/m1/s1. The van der Waals surface area contributed by atoms with Crippen LogP contribution in [0, 0.1) is 0 Å². The van der Waals surface area contributed by atoms with Crippen molar-refractivity contribution in [3.63, 3.8) is 0 Å². The van der Waals surface area contributed by atoms with Crippen LogP contribution in [-0.2, 0) is 14.3 Å². The van der Waals surface area contributed by atoms with Gasteiger partial charge in [-0.05, 0) is 51.0 Å². The molecule has 1 aliphatic heterocycles. The van der Waals surface area contributed by atoms with Crippen LogP contribution >= 0.6 is 0 Å². The van der Waals surface area contributed by atoms with Crippen LogP contribution in [0.25, 0.3) is 0 Å². The van der Waals surface area contributed by atoms with Gasteiger partial charge >= 0.3 is 0 Å². The van der Waals surface area contributed by atoms with Gasteiger partial charge in [-0.15, -0.1) is 0 Å². The molecule has 1 aromatic rings. The second kappa shape index (κ2) is 11.3. The molecule has 2 rings (SSSR count). The second-order valence-electron chi connectivity index (χ2n) is 7.05. The maximum atomic E-state index is 12.6. The van der Waals surface area contributed by atoms with Gasteiger partial charge in [0.1, 0.15) is 11.4 Å². The van der Waals surface area contributed by atoms with Gasteiger partial charge in [0.05, 0.1) is 19.8 Å². The molecule has 6 nitrogen and oxygen atoms in total. The zero-order chi connectivity index (χ0) is 19.5. The van der Waals surface area contributed by atoms with Gasteiger partial charge in [0.25, 0.3) is 5.91 Å². The van der Waals surface area contributed by atoms with Crippen molar-refractivity contribution in [2.24, 2.45) is 0 Å². The highest BCUT2D eigenvalue weighted by Gasteiger charge is 2.32. The molecule has 0 spiro atoms. The van der Waals surface area contributed by atoms with Crippen LogP contribution in [0.5, 0.6) is 5.75 Å². The molecule has 152 valence electrons. The molecule has 0 bridgehead atoms. The van der Waals surface area contributed by atoms with Crippen LogP contribution < -0.4 is 10.1 Å². The number of carbonyl (C=O) groups is 1. The lowest BCUT2D eigenvalue weighted by molar-refractivity contribution is -0.139.